The van der Waals surface area contributed by atoms with Gasteiger partial charge in [0.05, 0.1) is 7.11 Å². The number of nitrogens with zero attached hydrogens (tertiary/aromatic N) is 3. The smallest absolute Gasteiger partial charge is 0.221 e. The molecule has 0 aliphatic heterocycles. The van der Waals surface area contributed by atoms with Crippen LogP contribution in [-0.2, 0) is 11.2 Å². The number of methoxy groups -OCH3 is 1. The lowest BCUT2D eigenvalue weighted by molar-refractivity contribution is -0.120. The van der Waals surface area contributed by atoms with Crippen molar-refractivity contribution in [1.29, 1.82) is 0 Å². The van der Waals surface area contributed by atoms with Crippen LogP contribution in [0.15, 0.2) is 24.3 Å². The lowest BCUT2D eigenvalue weighted by Crippen LogP contribution is -2.35. The number of amides is 1. The molecule has 1 N–H and O–H groups in total. The molecule has 0 radical (unpaired) electrons. The zero-order valence-corrected chi connectivity index (χ0v) is 18.9. The predicted molar refractivity (Wildman–Crippen MR) is 120 cm³/mol. The number of benzene rings is 1. The van der Waals surface area contributed by atoms with E-state index in [9.17, 15) is 4.79 Å². The number of aromatic nitrogens is 2. The molecule has 2 rings (SSSR count). The van der Waals surface area contributed by atoms with Gasteiger partial charge in [0.25, 0.3) is 0 Å². The van der Waals surface area contributed by atoms with Crippen LogP contribution in [0.25, 0.3) is 0 Å². The second kappa shape index (κ2) is 12.4. The van der Waals surface area contributed by atoms with Crippen molar-refractivity contribution in [3.8, 4) is 5.75 Å². The Bertz CT molecular complexity index is 748. The summed E-state index contributed by atoms with van der Waals surface area (Å²) >= 11 is 1.40. The fourth-order valence-electron chi connectivity index (χ4n) is 3.06. The monoisotopic (exact) mass is 418 g/mol. The van der Waals surface area contributed by atoms with Crippen LogP contribution in [0.5, 0.6) is 5.75 Å². The van der Waals surface area contributed by atoms with E-state index in [0.717, 1.165) is 35.2 Å². The SMILES string of the molecule is CCCCCCNC(=O)CCN(c1nc(Cc2cccc(OC)c2)ns1)C(C)C. The van der Waals surface area contributed by atoms with Gasteiger partial charge in [0, 0.05) is 43.5 Å². The van der Waals surface area contributed by atoms with Gasteiger partial charge in [-0.25, -0.2) is 4.98 Å². The number of ether oxygens (including phenoxy) is 1. The molecular formula is C22H34N4O2S. The van der Waals surface area contributed by atoms with Gasteiger partial charge in [0.15, 0.2) is 0 Å². The zero-order valence-electron chi connectivity index (χ0n) is 18.1. The molecule has 0 aliphatic rings. The molecule has 0 bridgehead atoms. The number of anilines is 1. The van der Waals surface area contributed by atoms with E-state index in [1.165, 1.54) is 30.8 Å². The summed E-state index contributed by atoms with van der Waals surface area (Å²) in [5.74, 6) is 1.74. The molecule has 0 fully saturated rings. The Balaban J connectivity index is 1.88. The predicted octanol–water partition coefficient (Wildman–Crippen LogP) is 4.44. The Morgan fingerprint density at radius 3 is 2.83 bits per heavy atom. The van der Waals surface area contributed by atoms with Crippen LogP contribution in [0, 0.1) is 0 Å². The van der Waals surface area contributed by atoms with E-state index in [0.29, 0.717) is 19.4 Å². The molecular weight excluding hydrogens is 384 g/mol. The standard InChI is InChI=1S/C22H34N4O2S/c1-5-6-7-8-13-23-21(27)12-14-26(17(2)3)22-24-20(25-29-22)16-18-10-9-11-19(15-18)28-4/h9-11,15,17H,5-8,12-14,16H2,1-4H3,(H,23,27). The van der Waals surface area contributed by atoms with E-state index >= 15 is 0 Å². The van der Waals surface area contributed by atoms with Crippen molar-refractivity contribution in [3.05, 3.63) is 35.7 Å². The summed E-state index contributed by atoms with van der Waals surface area (Å²) in [6.45, 7) is 7.84. The molecule has 0 unspecified atom stereocenters. The quantitative estimate of drug-likeness (QED) is 0.487. The summed E-state index contributed by atoms with van der Waals surface area (Å²) in [5, 5.41) is 3.90. The third-order valence-electron chi connectivity index (χ3n) is 4.76. The highest BCUT2D eigenvalue weighted by Crippen LogP contribution is 2.22. The van der Waals surface area contributed by atoms with Gasteiger partial charge in [-0.1, -0.05) is 38.3 Å². The molecule has 0 aliphatic carbocycles. The highest BCUT2D eigenvalue weighted by Gasteiger charge is 2.17. The van der Waals surface area contributed by atoms with Gasteiger partial charge in [-0.3, -0.25) is 4.79 Å². The normalized spacial score (nSPS) is 10.9. The van der Waals surface area contributed by atoms with Crippen molar-refractivity contribution in [3.63, 3.8) is 0 Å². The molecule has 1 aromatic heterocycles. The molecule has 7 heteroatoms. The molecule has 0 atom stereocenters. The van der Waals surface area contributed by atoms with E-state index in [4.69, 9.17) is 9.72 Å². The number of hydrogen-bond acceptors (Lipinski definition) is 6. The second-order valence-corrected chi connectivity index (χ2v) is 8.20. The van der Waals surface area contributed by atoms with Crippen LogP contribution < -0.4 is 15.0 Å². The minimum absolute atomic E-state index is 0.105. The summed E-state index contributed by atoms with van der Waals surface area (Å²) in [5.41, 5.74) is 1.12. The molecule has 0 saturated carbocycles. The molecule has 160 valence electrons. The van der Waals surface area contributed by atoms with Gasteiger partial charge in [-0.2, -0.15) is 4.37 Å². The highest BCUT2D eigenvalue weighted by atomic mass is 32.1. The van der Waals surface area contributed by atoms with E-state index in [1.54, 1.807) is 7.11 Å². The van der Waals surface area contributed by atoms with Gasteiger partial charge < -0.3 is 15.0 Å². The third-order valence-corrected chi connectivity index (χ3v) is 5.55. The molecule has 1 aromatic carbocycles. The van der Waals surface area contributed by atoms with Gasteiger partial charge in [-0.05, 0) is 38.0 Å². The first-order valence-electron chi connectivity index (χ1n) is 10.5. The van der Waals surface area contributed by atoms with Gasteiger partial charge in [0.1, 0.15) is 11.6 Å². The summed E-state index contributed by atoms with van der Waals surface area (Å²) in [6, 6.07) is 8.21. The largest absolute Gasteiger partial charge is 0.497 e. The highest BCUT2D eigenvalue weighted by molar-refractivity contribution is 7.09. The van der Waals surface area contributed by atoms with Crippen molar-refractivity contribution in [2.24, 2.45) is 0 Å². The zero-order chi connectivity index (χ0) is 21.1. The van der Waals surface area contributed by atoms with Crippen LogP contribution in [0.4, 0.5) is 5.13 Å². The number of unbranched alkanes of at least 4 members (excludes halogenated alkanes) is 3. The Morgan fingerprint density at radius 2 is 2.10 bits per heavy atom. The second-order valence-electron chi connectivity index (χ2n) is 7.47. The molecule has 1 amide bonds. The first-order valence-corrected chi connectivity index (χ1v) is 11.3. The first-order chi connectivity index (χ1) is 14.0. The minimum Gasteiger partial charge on any atom is -0.497 e. The van der Waals surface area contributed by atoms with Crippen LogP contribution in [-0.4, -0.2) is 41.5 Å². The fourth-order valence-corrected chi connectivity index (χ4v) is 3.91. The van der Waals surface area contributed by atoms with Crippen molar-refractivity contribution < 1.29 is 9.53 Å². The van der Waals surface area contributed by atoms with E-state index < -0.39 is 0 Å². The van der Waals surface area contributed by atoms with Crippen molar-refractivity contribution >= 4 is 22.6 Å². The Labute approximate surface area is 178 Å². The Hall–Kier alpha value is -2.15. The number of carbonyl (C=O) groups excluding carboxylic acids is 1. The number of hydrogen-bond donors (Lipinski definition) is 1. The molecule has 6 nitrogen and oxygen atoms in total. The number of rotatable bonds is 13. The fraction of sp³-hybridized carbons (Fsp3) is 0.591. The summed E-state index contributed by atoms with van der Waals surface area (Å²) in [4.78, 5) is 19.0. The van der Waals surface area contributed by atoms with Crippen molar-refractivity contribution in [2.75, 3.05) is 25.1 Å². The molecule has 0 saturated heterocycles. The first kappa shape index (κ1) is 23.1. The summed E-state index contributed by atoms with van der Waals surface area (Å²) in [7, 11) is 1.67. The summed E-state index contributed by atoms with van der Waals surface area (Å²) in [6.07, 6.45) is 5.80. The Kier molecular flexibility index (Phi) is 9.91. The lowest BCUT2D eigenvalue weighted by atomic mass is 10.1. The minimum atomic E-state index is 0.105. The maximum Gasteiger partial charge on any atom is 0.221 e. The van der Waals surface area contributed by atoms with E-state index in [2.05, 4.69) is 35.4 Å². The average molecular weight is 419 g/mol. The third kappa shape index (κ3) is 8.01. The molecule has 0 spiro atoms. The van der Waals surface area contributed by atoms with Crippen LogP contribution >= 0.6 is 11.5 Å². The van der Waals surface area contributed by atoms with Crippen molar-refractivity contribution in [2.45, 2.75) is 65.3 Å². The van der Waals surface area contributed by atoms with E-state index in [1.807, 2.05) is 24.3 Å². The van der Waals surface area contributed by atoms with Gasteiger partial charge in [-0.15, -0.1) is 0 Å². The van der Waals surface area contributed by atoms with E-state index in [-0.39, 0.29) is 11.9 Å². The maximum absolute atomic E-state index is 12.2. The van der Waals surface area contributed by atoms with Crippen LogP contribution in [0.1, 0.15) is 64.3 Å². The summed E-state index contributed by atoms with van der Waals surface area (Å²) < 4.78 is 9.81. The Morgan fingerprint density at radius 1 is 1.28 bits per heavy atom. The maximum atomic E-state index is 12.2. The number of carbonyl (C=O) groups is 1. The van der Waals surface area contributed by atoms with Crippen molar-refractivity contribution in [1.82, 2.24) is 14.7 Å². The molecule has 29 heavy (non-hydrogen) atoms. The lowest BCUT2D eigenvalue weighted by Gasteiger charge is -2.25. The average Bonchev–Trinajstić information content (AvgIpc) is 3.15. The van der Waals surface area contributed by atoms with Gasteiger partial charge in [0.2, 0.25) is 11.0 Å². The van der Waals surface area contributed by atoms with Crippen LogP contribution in [0.2, 0.25) is 0 Å². The number of nitrogens with one attached hydrogen (secondary N) is 1. The molecule has 1 heterocycles. The van der Waals surface area contributed by atoms with Crippen LogP contribution in [0.3, 0.4) is 0 Å². The topological polar surface area (TPSA) is 67.4 Å². The molecule has 2 aromatic rings. The van der Waals surface area contributed by atoms with Gasteiger partial charge >= 0.3 is 0 Å².